The molecule has 2 aromatic heterocycles. The molecule has 4 aliphatic rings. The smallest absolute Gasteiger partial charge is 0.252 e. The molecule has 3 aromatic carbocycles. The first kappa shape index (κ1) is 58.5. The molecule has 1 saturated carbocycles. The van der Waals surface area contributed by atoms with Crippen molar-refractivity contribution in [3.63, 3.8) is 0 Å². The number of carbonyl (C=O) groups excluding carboxylic acids is 6. The third-order valence-corrected chi connectivity index (χ3v) is 13.4. The van der Waals surface area contributed by atoms with E-state index in [9.17, 15) is 24.0 Å². The van der Waals surface area contributed by atoms with Crippen LogP contribution in [0.15, 0.2) is 84.8 Å². The number of likely N-dealkylation sites (tertiary alicyclic amines) is 1. The second-order valence-corrected chi connectivity index (χ2v) is 19.3. The Hall–Kier alpha value is -6.76. The monoisotopic (exact) mass is 1110 g/mol. The third kappa shape index (κ3) is 14.8. The zero-order chi connectivity index (χ0) is 53.6. The van der Waals surface area contributed by atoms with Gasteiger partial charge in [-0.15, -0.1) is 5.56 Å². The number of nitrogens with zero attached hydrogens (tertiary/aromatic N) is 9. The number of piperazine rings is 1. The number of carbonyl (C=O) groups is 6. The van der Waals surface area contributed by atoms with Crippen LogP contribution in [0.3, 0.4) is 0 Å². The first-order valence-corrected chi connectivity index (χ1v) is 24.8. The molecular weight excluding hydrogens is 1050 g/mol. The summed E-state index contributed by atoms with van der Waals surface area (Å²) in [6.45, 7) is 25.1. The maximum Gasteiger partial charge on any atom is 0.252 e. The van der Waals surface area contributed by atoms with Crippen LogP contribution in [0.25, 0.3) is 27.1 Å². The van der Waals surface area contributed by atoms with Crippen molar-refractivity contribution in [1.82, 2.24) is 44.7 Å². The van der Waals surface area contributed by atoms with E-state index in [0.717, 1.165) is 44.7 Å². The fourth-order valence-corrected chi connectivity index (χ4v) is 9.87. The van der Waals surface area contributed by atoms with Gasteiger partial charge in [-0.2, -0.15) is 29.4 Å². The first-order valence-electron chi connectivity index (χ1n) is 24.8. The van der Waals surface area contributed by atoms with Crippen molar-refractivity contribution in [1.29, 1.82) is 0 Å². The summed E-state index contributed by atoms with van der Waals surface area (Å²) < 4.78 is 28.8. The SMILES string of the molecule is C=O.O=C1CCC(N2Cc3[c-]cccc3C2=O)C(=O)C1.[C-]#[N+]/C(=C\C(C)(C)CN1CCN(CCOCCNC([CH2-])=O)CC1)C(=O)N1CCC[C@H]1Cn1nc(-c2ccc(Oc3ccccc3)cc2F)c2c(N)ncnc21.[Y]. The maximum atomic E-state index is 15.7. The normalized spacial score (nSPS) is 17.9. The number of ether oxygens (including phenoxy) is 2. The van der Waals surface area contributed by atoms with Crippen LogP contribution in [-0.4, -0.2) is 153 Å². The van der Waals surface area contributed by atoms with Crippen LogP contribution < -0.4 is 15.8 Å². The zero-order valence-corrected chi connectivity index (χ0v) is 45.8. The number of nitrogens with one attached hydrogen (secondary N) is 1. The number of fused-ring (bicyclic) bond motifs is 2. The number of amides is 3. The van der Waals surface area contributed by atoms with E-state index in [1.807, 2.05) is 31.1 Å². The van der Waals surface area contributed by atoms with Crippen molar-refractivity contribution >= 4 is 52.9 Å². The fraction of sp³-hybridized carbons (Fsp3) is 0.400. The van der Waals surface area contributed by atoms with Gasteiger partial charge in [-0.3, -0.25) is 24.1 Å². The van der Waals surface area contributed by atoms with Crippen LogP contribution in [0.1, 0.15) is 61.9 Å². The summed E-state index contributed by atoms with van der Waals surface area (Å²) in [5.74, 6) is -0.347. The van der Waals surface area contributed by atoms with Crippen molar-refractivity contribution in [3.8, 4) is 22.8 Å². The van der Waals surface area contributed by atoms with Crippen LogP contribution >= 0.6 is 0 Å². The number of halogens is 1. The van der Waals surface area contributed by atoms with Gasteiger partial charge in [-0.25, -0.2) is 23.9 Å². The minimum atomic E-state index is -0.545. The molecule has 1 aliphatic carbocycles. The Morgan fingerprint density at radius 1 is 0.987 bits per heavy atom. The van der Waals surface area contributed by atoms with E-state index in [0.29, 0.717) is 92.4 Å². The molecule has 2 atom stereocenters. The molecule has 0 spiro atoms. The first-order chi connectivity index (χ1) is 36.2. The molecular formula is C55H62FN11O8Y-2. The molecule has 3 N–H and O–H groups in total. The molecule has 3 fully saturated rings. The number of aromatic nitrogens is 4. The van der Waals surface area contributed by atoms with Crippen LogP contribution in [0.2, 0.25) is 0 Å². The van der Waals surface area contributed by atoms with E-state index in [2.05, 4.69) is 56.8 Å². The fourth-order valence-electron chi connectivity index (χ4n) is 9.87. The van der Waals surface area contributed by atoms with Gasteiger partial charge in [0.15, 0.2) is 17.3 Å². The molecule has 0 bridgehead atoms. The number of anilines is 1. The van der Waals surface area contributed by atoms with Gasteiger partial charge in [0.2, 0.25) is 5.70 Å². The number of rotatable bonds is 16. The predicted molar refractivity (Wildman–Crippen MR) is 277 cm³/mol. The second kappa shape index (κ2) is 27.3. The van der Waals surface area contributed by atoms with Gasteiger partial charge in [0.25, 0.3) is 5.91 Å². The number of nitrogen functional groups attached to an aromatic ring is 1. The molecule has 1 unspecified atom stereocenters. The van der Waals surface area contributed by atoms with E-state index >= 15 is 4.39 Å². The average molecular weight is 1110 g/mol. The van der Waals surface area contributed by atoms with Crippen molar-refractivity contribution < 1.29 is 75.3 Å². The Kier molecular flexibility index (Phi) is 21.0. The van der Waals surface area contributed by atoms with Crippen molar-refractivity contribution in [2.45, 2.75) is 71.1 Å². The molecule has 9 rings (SSSR count). The van der Waals surface area contributed by atoms with Crippen molar-refractivity contribution in [2.75, 3.05) is 71.3 Å². The van der Waals surface area contributed by atoms with E-state index in [4.69, 9.17) is 31.7 Å². The van der Waals surface area contributed by atoms with Crippen LogP contribution in [-0.2, 0) is 74.5 Å². The van der Waals surface area contributed by atoms with Gasteiger partial charge in [0.05, 0.1) is 56.1 Å². The van der Waals surface area contributed by atoms with Gasteiger partial charge in [-0.05, 0) is 48.9 Å². The van der Waals surface area contributed by atoms with Crippen LogP contribution in [0.5, 0.6) is 11.5 Å². The van der Waals surface area contributed by atoms with Crippen LogP contribution in [0.4, 0.5) is 10.2 Å². The topological polar surface area (TPSA) is 220 Å². The Morgan fingerprint density at radius 3 is 2.43 bits per heavy atom. The Bertz CT molecular complexity index is 2940. The summed E-state index contributed by atoms with van der Waals surface area (Å²) in [6, 6.07) is 21.3. The Labute approximate surface area is 467 Å². The molecule has 5 aromatic rings. The number of Topliss-reactive ketones (excluding diaryl/α,β-unsaturated/α-hetero) is 2. The van der Waals surface area contributed by atoms with Gasteiger partial charge < -0.3 is 51.7 Å². The van der Waals surface area contributed by atoms with Gasteiger partial charge in [0, 0.05) is 110 Å². The molecule has 5 heterocycles. The number of benzene rings is 3. The number of ketones is 2. The van der Waals surface area contributed by atoms with E-state index < -0.39 is 17.3 Å². The summed E-state index contributed by atoms with van der Waals surface area (Å²) >= 11 is 0. The second-order valence-electron chi connectivity index (χ2n) is 19.3. The van der Waals surface area contributed by atoms with Gasteiger partial charge in [0.1, 0.15) is 47.7 Å². The van der Waals surface area contributed by atoms with Crippen molar-refractivity contribution in [2.24, 2.45) is 5.41 Å². The molecule has 19 nitrogen and oxygen atoms in total. The van der Waals surface area contributed by atoms with Crippen molar-refractivity contribution in [3.05, 3.63) is 126 Å². The summed E-state index contributed by atoms with van der Waals surface area (Å²) in [4.78, 5) is 88.5. The number of para-hydroxylation sites is 1. The minimum Gasteiger partial charge on any atom is -0.457 e. The molecule has 397 valence electrons. The Balaban J connectivity index is 0.000000372. The molecule has 76 heavy (non-hydrogen) atoms. The minimum absolute atomic E-state index is 0. The standard InChI is InChI=1S/C40H48FN10O4.C14H12NO3.CH2O.Y/c1-28(52)44-14-21-54-22-20-48-16-18-49(19-17-48)26-40(2,3)24-34(43-4)39(53)50-15-8-9-29(50)25-51-38-35(37(42)45-27-46-38)36(47-51)32-13-12-31(23-33(32)41)55-30-10-6-5-7-11-30;16-10-5-6-12(13(17)7-10)15-8-9-3-1-2-4-11(9)14(15)18;1-2;/h5-7,10-13,23-24,27,29H,1,8-9,14-22,25-26H2,2-3H3,(H,44,52)(H2,42,45,46);1-2,4,12H,5-8H2;1H2;/q2*-1;;/b34-24-;;;/t29-;;;/m0.../s1. The Morgan fingerprint density at radius 2 is 1.74 bits per heavy atom. The van der Waals surface area contributed by atoms with E-state index in [1.165, 1.54) is 12.4 Å². The molecule has 2 saturated heterocycles. The zero-order valence-electron chi connectivity index (χ0n) is 42.9. The number of hydrogen-bond acceptors (Lipinski definition) is 14. The number of nitrogens with two attached hydrogens (primary N) is 1. The summed E-state index contributed by atoms with van der Waals surface area (Å²) in [5.41, 5.74) is 8.40. The summed E-state index contributed by atoms with van der Waals surface area (Å²) in [7, 11) is 0. The van der Waals surface area contributed by atoms with Crippen LogP contribution in [0, 0.1) is 30.8 Å². The molecule has 3 aliphatic heterocycles. The maximum absolute atomic E-state index is 15.7. The molecule has 1 radical (unpaired) electrons. The average Bonchev–Trinajstić information content (AvgIpc) is 4.12. The number of hydrogen-bond donors (Lipinski definition) is 2. The van der Waals surface area contributed by atoms with E-state index in [-0.39, 0.29) is 98.1 Å². The third-order valence-electron chi connectivity index (χ3n) is 13.4. The van der Waals surface area contributed by atoms with Gasteiger partial charge in [-0.1, -0.05) is 43.7 Å². The summed E-state index contributed by atoms with van der Waals surface area (Å²) in [6.07, 6.45) is 5.45. The van der Waals surface area contributed by atoms with E-state index in [1.54, 1.807) is 56.9 Å². The quantitative estimate of drug-likeness (QED) is 0.0551. The molecule has 3 amide bonds. The molecule has 21 heteroatoms. The largest absolute Gasteiger partial charge is 0.457 e. The van der Waals surface area contributed by atoms with Gasteiger partial charge >= 0.3 is 0 Å². The summed E-state index contributed by atoms with van der Waals surface area (Å²) in [5, 5.41) is 7.83. The predicted octanol–water partition coefficient (Wildman–Crippen LogP) is 5.36.